The van der Waals surface area contributed by atoms with Crippen LogP contribution in [0.15, 0.2) is 97.2 Å². The second-order valence-electron chi connectivity index (χ2n) is 17.4. The maximum Gasteiger partial charge on any atom is 0.306 e. The first kappa shape index (κ1) is 61.3. The average Bonchev–Trinajstić information content (AvgIpc) is 3.30. The molecule has 6 nitrogen and oxygen atoms in total. The van der Waals surface area contributed by atoms with Gasteiger partial charge in [0.2, 0.25) is 0 Å². The van der Waals surface area contributed by atoms with Crippen molar-refractivity contribution in [3.05, 3.63) is 97.2 Å². The zero-order chi connectivity index (χ0) is 47.2. The molecule has 0 aromatic rings. The van der Waals surface area contributed by atoms with Crippen molar-refractivity contribution in [2.45, 2.75) is 245 Å². The normalized spacial score (nSPS) is 12.8. The molecule has 0 bridgehead atoms. The maximum absolute atomic E-state index is 12.8. The summed E-state index contributed by atoms with van der Waals surface area (Å²) in [5.41, 5.74) is 0. The third-order valence-corrected chi connectivity index (χ3v) is 11.1. The minimum atomic E-state index is -0.811. The Bertz CT molecular complexity index is 1310. The van der Waals surface area contributed by atoms with Crippen molar-refractivity contribution in [3.8, 4) is 0 Å². The summed E-state index contributed by atoms with van der Waals surface area (Å²) in [6.45, 7) is 6.43. The number of unbranched alkanes of at least 4 members (excludes halogenated alkanes) is 20. The molecule has 0 aliphatic rings. The van der Waals surface area contributed by atoms with Gasteiger partial charge in [-0.2, -0.15) is 0 Å². The Kier molecular flexibility index (Phi) is 50.0. The SMILES string of the molecule is CC/C=C\C/C=C\C/C=C\C/C=C\C/C=C\CCCC(=O)OC[C@@H](COC(=O)CCCCCCCCCCCCCCC)OC(=O)CCCCCC/C=C\C/C=C\C/C=C\CCCCC. The number of rotatable bonds is 47. The van der Waals surface area contributed by atoms with E-state index in [2.05, 4.69) is 118 Å². The molecule has 0 aromatic carbocycles. The minimum Gasteiger partial charge on any atom is -0.462 e. The molecular weight excluding hydrogens is 805 g/mol. The highest BCUT2D eigenvalue weighted by atomic mass is 16.6. The lowest BCUT2D eigenvalue weighted by molar-refractivity contribution is -0.167. The van der Waals surface area contributed by atoms with Crippen LogP contribution in [0.5, 0.6) is 0 Å². The van der Waals surface area contributed by atoms with Crippen LogP contribution in [0.25, 0.3) is 0 Å². The van der Waals surface area contributed by atoms with E-state index in [0.717, 1.165) is 103 Å². The fourth-order valence-electron chi connectivity index (χ4n) is 7.07. The lowest BCUT2D eigenvalue weighted by atomic mass is 10.0. The molecule has 65 heavy (non-hydrogen) atoms. The molecule has 0 spiro atoms. The van der Waals surface area contributed by atoms with Gasteiger partial charge in [-0.3, -0.25) is 14.4 Å². The molecule has 0 heterocycles. The molecule has 0 N–H and O–H groups in total. The molecule has 0 aliphatic heterocycles. The summed E-state index contributed by atoms with van der Waals surface area (Å²) in [5.74, 6) is -0.987. The van der Waals surface area contributed by atoms with Gasteiger partial charge in [-0.15, -0.1) is 0 Å². The van der Waals surface area contributed by atoms with Gasteiger partial charge in [0.1, 0.15) is 13.2 Å². The van der Waals surface area contributed by atoms with Crippen molar-refractivity contribution in [2.24, 2.45) is 0 Å². The van der Waals surface area contributed by atoms with Gasteiger partial charge in [-0.05, 0) is 96.3 Å². The summed E-state index contributed by atoms with van der Waals surface area (Å²) in [5, 5.41) is 0. The first-order chi connectivity index (χ1) is 32.0. The molecular formula is C59H98O6. The van der Waals surface area contributed by atoms with E-state index in [1.165, 1.54) is 89.9 Å². The van der Waals surface area contributed by atoms with Gasteiger partial charge >= 0.3 is 17.9 Å². The summed E-state index contributed by atoms with van der Waals surface area (Å²) < 4.78 is 16.8. The number of carbonyl (C=O) groups excluding carboxylic acids is 3. The highest BCUT2D eigenvalue weighted by Crippen LogP contribution is 2.14. The summed E-state index contributed by atoms with van der Waals surface area (Å²) in [4.78, 5) is 38.0. The van der Waals surface area contributed by atoms with Crippen LogP contribution in [0.2, 0.25) is 0 Å². The largest absolute Gasteiger partial charge is 0.462 e. The second kappa shape index (κ2) is 52.9. The topological polar surface area (TPSA) is 78.9 Å². The van der Waals surface area contributed by atoms with Gasteiger partial charge in [-0.25, -0.2) is 0 Å². The van der Waals surface area contributed by atoms with E-state index in [4.69, 9.17) is 14.2 Å². The van der Waals surface area contributed by atoms with E-state index < -0.39 is 6.10 Å². The molecule has 0 aliphatic carbocycles. The van der Waals surface area contributed by atoms with Crippen LogP contribution in [0.1, 0.15) is 239 Å². The number of carbonyl (C=O) groups is 3. The van der Waals surface area contributed by atoms with Crippen LogP contribution in [-0.2, 0) is 28.6 Å². The zero-order valence-corrected chi connectivity index (χ0v) is 42.2. The number of ether oxygens (including phenoxy) is 3. The first-order valence-corrected chi connectivity index (χ1v) is 26.7. The van der Waals surface area contributed by atoms with Crippen molar-refractivity contribution in [2.75, 3.05) is 13.2 Å². The third kappa shape index (κ3) is 51.2. The molecule has 0 amide bonds. The Morgan fingerprint density at radius 2 is 0.615 bits per heavy atom. The average molecular weight is 903 g/mol. The predicted molar refractivity (Wildman–Crippen MR) is 279 cm³/mol. The molecule has 0 unspecified atom stereocenters. The van der Waals surface area contributed by atoms with Crippen molar-refractivity contribution >= 4 is 17.9 Å². The van der Waals surface area contributed by atoms with Crippen LogP contribution in [0, 0.1) is 0 Å². The molecule has 0 fully saturated rings. The Labute approximate surface area is 400 Å². The third-order valence-electron chi connectivity index (χ3n) is 11.1. The number of hydrogen-bond acceptors (Lipinski definition) is 6. The molecule has 0 radical (unpaired) electrons. The maximum atomic E-state index is 12.8. The fourth-order valence-corrected chi connectivity index (χ4v) is 7.07. The first-order valence-electron chi connectivity index (χ1n) is 26.7. The minimum absolute atomic E-state index is 0.104. The Balaban J connectivity index is 4.52. The monoisotopic (exact) mass is 903 g/mol. The predicted octanol–water partition coefficient (Wildman–Crippen LogP) is 17.8. The van der Waals surface area contributed by atoms with Crippen LogP contribution in [0.4, 0.5) is 0 Å². The standard InChI is InChI=1S/C59H98O6/c1-4-7-10-13-16-19-22-25-27-29-31-34-37-40-43-46-49-52-58(61)64-55-56(54-63-57(60)51-48-45-42-39-36-33-24-21-18-15-12-9-6-3)65-59(62)53-50-47-44-41-38-35-32-30-28-26-23-20-17-14-11-8-5-2/h7,10,16-17,19-20,25-28,31-32,34-35,40,43,56H,4-6,8-9,11-15,18,21-24,29-30,33,36-39,41-42,44-55H2,1-3H3/b10-7-,19-16-,20-17-,27-25-,28-26-,34-31-,35-32-,43-40-/t56-/m1/s1. The molecule has 1 atom stereocenters. The summed E-state index contributed by atoms with van der Waals surface area (Å²) in [6.07, 6.45) is 69.6. The van der Waals surface area contributed by atoms with Gasteiger partial charge < -0.3 is 14.2 Å². The van der Waals surface area contributed by atoms with E-state index in [9.17, 15) is 14.4 Å². The van der Waals surface area contributed by atoms with Crippen molar-refractivity contribution in [3.63, 3.8) is 0 Å². The van der Waals surface area contributed by atoms with Crippen molar-refractivity contribution in [1.82, 2.24) is 0 Å². The molecule has 0 saturated heterocycles. The number of hydrogen-bond donors (Lipinski definition) is 0. The van der Waals surface area contributed by atoms with Gasteiger partial charge in [0.25, 0.3) is 0 Å². The van der Waals surface area contributed by atoms with Crippen LogP contribution >= 0.6 is 0 Å². The van der Waals surface area contributed by atoms with E-state index in [1.807, 2.05) is 0 Å². The van der Waals surface area contributed by atoms with Crippen LogP contribution in [0.3, 0.4) is 0 Å². The van der Waals surface area contributed by atoms with Crippen molar-refractivity contribution in [1.29, 1.82) is 0 Å². The fraction of sp³-hybridized carbons (Fsp3) is 0.678. The Morgan fingerprint density at radius 3 is 1.03 bits per heavy atom. The summed E-state index contributed by atoms with van der Waals surface area (Å²) in [6, 6.07) is 0. The molecule has 0 saturated carbocycles. The van der Waals surface area contributed by atoms with Gasteiger partial charge in [0.15, 0.2) is 6.10 Å². The van der Waals surface area contributed by atoms with E-state index in [0.29, 0.717) is 12.8 Å². The van der Waals surface area contributed by atoms with Gasteiger partial charge in [-0.1, -0.05) is 221 Å². The highest BCUT2D eigenvalue weighted by Gasteiger charge is 2.19. The number of esters is 3. The van der Waals surface area contributed by atoms with E-state index in [-0.39, 0.29) is 44.0 Å². The molecule has 0 rings (SSSR count). The number of allylic oxidation sites excluding steroid dienone is 16. The summed E-state index contributed by atoms with van der Waals surface area (Å²) in [7, 11) is 0. The molecule has 370 valence electrons. The molecule has 0 aromatic heterocycles. The van der Waals surface area contributed by atoms with Gasteiger partial charge in [0.05, 0.1) is 0 Å². The van der Waals surface area contributed by atoms with E-state index in [1.54, 1.807) is 0 Å². The lowest BCUT2D eigenvalue weighted by Gasteiger charge is -2.18. The quantitative estimate of drug-likeness (QED) is 0.0262. The van der Waals surface area contributed by atoms with Gasteiger partial charge in [0, 0.05) is 19.3 Å². The zero-order valence-electron chi connectivity index (χ0n) is 42.2. The van der Waals surface area contributed by atoms with E-state index >= 15 is 0 Å². The van der Waals surface area contributed by atoms with Crippen LogP contribution < -0.4 is 0 Å². The highest BCUT2D eigenvalue weighted by molar-refractivity contribution is 5.71. The molecule has 6 heteroatoms. The Hall–Kier alpha value is -3.67. The van der Waals surface area contributed by atoms with Crippen molar-refractivity contribution < 1.29 is 28.6 Å². The van der Waals surface area contributed by atoms with Crippen LogP contribution in [-0.4, -0.2) is 37.2 Å². The second-order valence-corrected chi connectivity index (χ2v) is 17.4. The Morgan fingerprint density at radius 1 is 0.323 bits per heavy atom. The lowest BCUT2D eigenvalue weighted by Crippen LogP contribution is -2.30. The summed E-state index contributed by atoms with van der Waals surface area (Å²) >= 11 is 0. The smallest absolute Gasteiger partial charge is 0.306 e.